The first kappa shape index (κ1) is 13.4. The number of nitrogens with zero attached hydrogens (tertiary/aromatic N) is 3. The molecule has 6 nitrogen and oxygen atoms in total. The highest BCUT2D eigenvalue weighted by Crippen LogP contribution is 2.21. The monoisotopic (exact) mass is 285 g/mol. The number of hydrogen-bond donors (Lipinski definition) is 1. The summed E-state index contributed by atoms with van der Waals surface area (Å²) in [5.41, 5.74) is 2.30. The van der Waals surface area contributed by atoms with Gasteiger partial charge in [0.15, 0.2) is 5.69 Å². The smallest absolute Gasteiger partial charge is 0.357 e. The van der Waals surface area contributed by atoms with Crippen LogP contribution in [0, 0.1) is 0 Å². The van der Waals surface area contributed by atoms with Crippen molar-refractivity contribution in [1.29, 1.82) is 0 Å². The van der Waals surface area contributed by atoms with Crippen molar-refractivity contribution in [2.75, 3.05) is 6.54 Å². The fourth-order valence-corrected chi connectivity index (χ4v) is 2.64. The Bertz CT molecular complexity index is 721. The Kier molecular flexibility index (Phi) is 3.21. The van der Waals surface area contributed by atoms with Crippen LogP contribution in [0.4, 0.5) is 0 Å². The Morgan fingerprint density at radius 3 is 2.67 bits per heavy atom. The highest BCUT2D eigenvalue weighted by atomic mass is 16.4. The Hall–Kier alpha value is -2.63. The molecule has 0 saturated heterocycles. The molecule has 0 spiro atoms. The maximum absolute atomic E-state index is 12.6. The summed E-state index contributed by atoms with van der Waals surface area (Å²) in [5.74, 6) is -1.47. The number of fused-ring (bicyclic) bond motifs is 1. The molecular formula is C15H15N3O3. The number of aromatic nitrogens is 2. The van der Waals surface area contributed by atoms with Gasteiger partial charge in [-0.05, 0) is 17.5 Å². The van der Waals surface area contributed by atoms with Gasteiger partial charge in [0, 0.05) is 26.3 Å². The molecule has 0 atom stereocenters. The molecule has 108 valence electrons. The van der Waals surface area contributed by atoms with Crippen molar-refractivity contribution >= 4 is 11.9 Å². The average Bonchev–Trinajstić information content (AvgIpc) is 2.88. The summed E-state index contributed by atoms with van der Waals surface area (Å²) in [7, 11) is 1.61. The Morgan fingerprint density at radius 1 is 1.24 bits per heavy atom. The molecule has 1 aromatic carbocycles. The molecular weight excluding hydrogens is 270 g/mol. The molecule has 1 aliphatic rings. The first-order valence-electron chi connectivity index (χ1n) is 6.69. The van der Waals surface area contributed by atoms with E-state index in [-0.39, 0.29) is 17.2 Å². The summed E-state index contributed by atoms with van der Waals surface area (Å²) < 4.78 is 1.36. The van der Waals surface area contributed by atoms with Gasteiger partial charge in [0.2, 0.25) is 0 Å². The van der Waals surface area contributed by atoms with Gasteiger partial charge < -0.3 is 10.0 Å². The number of carbonyl (C=O) groups is 2. The summed E-state index contributed by atoms with van der Waals surface area (Å²) in [6.45, 7) is 1.09. The van der Waals surface area contributed by atoms with E-state index in [9.17, 15) is 9.59 Å². The summed E-state index contributed by atoms with van der Waals surface area (Å²) >= 11 is 0. The van der Waals surface area contributed by atoms with Crippen LogP contribution in [0.2, 0.25) is 0 Å². The maximum atomic E-state index is 12.6. The predicted molar refractivity (Wildman–Crippen MR) is 75.1 cm³/mol. The van der Waals surface area contributed by atoms with Crippen LogP contribution in [-0.4, -0.2) is 38.2 Å². The molecule has 2 heterocycles. The number of amides is 1. The number of hydrogen-bond acceptors (Lipinski definition) is 3. The highest BCUT2D eigenvalue weighted by molar-refractivity contribution is 6.03. The summed E-state index contributed by atoms with van der Waals surface area (Å²) in [5, 5.41) is 13.0. The van der Waals surface area contributed by atoms with Crippen LogP contribution < -0.4 is 0 Å². The Labute approximate surface area is 121 Å². The minimum Gasteiger partial charge on any atom is -0.476 e. The van der Waals surface area contributed by atoms with Gasteiger partial charge >= 0.3 is 5.97 Å². The van der Waals surface area contributed by atoms with Gasteiger partial charge in [-0.1, -0.05) is 24.3 Å². The number of rotatable bonds is 2. The zero-order valence-electron chi connectivity index (χ0n) is 11.6. The number of carbonyl (C=O) groups excluding carboxylic acids is 1. The van der Waals surface area contributed by atoms with E-state index < -0.39 is 5.97 Å². The standard InChI is InChI=1S/C15H15N3O3/c1-17-9-12(13(16-17)15(20)21)14(19)18-7-6-10-4-2-3-5-11(10)8-18/h2-5,9H,6-8H2,1H3,(H,20,21). The van der Waals surface area contributed by atoms with E-state index in [1.807, 2.05) is 18.2 Å². The van der Waals surface area contributed by atoms with Crippen molar-refractivity contribution in [3.8, 4) is 0 Å². The van der Waals surface area contributed by atoms with Gasteiger partial charge in [-0.2, -0.15) is 5.10 Å². The van der Waals surface area contributed by atoms with Crippen molar-refractivity contribution in [1.82, 2.24) is 14.7 Å². The van der Waals surface area contributed by atoms with E-state index in [1.165, 1.54) is 16.4 Å². The Balaban J connectivity index is 1.89. The van der Waals surface area contributed by atoms with Gasteiger partial charge in [-0.15, -0.1) is 0 Å². The Morgan fingerprint density at radius 2 is 1.95 bits per heavy atom. The third-order valence-electron chi connectivity index (χ3n) is 3.68. The minimum atomic E-state index is -1.18. The number of carboxylic acids is 1. The molecule has 3 rings (SSSR count). The lowest BCUT2D eigenvalue weighted by Gasteiger charge is -2.28. The third-order valence-corrected chi connectivity index (χ3v) is 3.68. The van der Waals surface area contributed by atoms with Crippen molar-refractivity contribution in [3.05, 3.63) is 52.8 Å². The highest BCUT2D eigenvalue weighted by Gasteiger charge is 2.27. The van der Waals surface area contributed by atoms with Crippen molar-refractivity contribution in [2.45, 2.75) is 13.0 Å². The molecule has 0 fully saturated rings. The fourth-order valence-electron chi connectivity index (χ4n) is 2.64. The average molecular weight is 285 g/mol. The van der Waals surface area contributed by atoms with Crippen LogP contribution in [0.1, 0.15) is 32.0 Å². The molecule has 2 aromatic rings. The quantitative estimate of drug-likeness (QED) is 0.903. The largest absolute Gasteiger partial charge is 0.476 e. The van der Waals surface area contributed by atoms with E-state index in [2.05, 4.69) is 11.2 Å². The second-order valence-electron chi connectivity index (χ2n) is 5.12. The minimum absolute atomic E-state index is 0.143. The van der Waals surface area contributed by atoms with E-state index in [0.29, 0.717) is 13.1 Å². The van der Waals surface area contributed by atoms with Crippen LogP contribution >= 0.6 is 0 Å². The zero-order valence-corrected chi connectivity index (χ0v) is 11.6. The lowest BCUT2D eigenvalue weighted by Crippen LogP contribution is -2.36. The van der Waals surface area contributed by atoms with Crippen molar-refractivity contribution < 1.29 is 14.7 Å². The molecule has 0 saturated carbocycles. The second kappa shape index (κ2) is 5.05. The molecule has 0 bridgehead atoms. The molecule has 1 N–H and O–H groups in total. The van der Waals surface area contributed by atoms with Crippen LogP contribution in [-0.2, 0) is 20.0 Å². The van der Waals surface area contributed by atoms with Gasteiger partial charge in [-0.25, -0.2) is 4.79 Å². The van der Waals surface area contributed by atoms with E-state index in [0.717, 1.165) is 12.0 Å². The fraction of sp³-hybridized carbons (Fsp3) is 0.267. The summed E-state index contributed by atoms with van der Waals surface area (Å²) in [6.07, 6.45) is 2.25. The predicted octanol–water partition coefficient (Wildman–Crippen LogP) is 1.32. The SMILES string of the molecule is Cn1cc(C(=O)N2CCc3ccccc3C2)c(C(=O)O)n1. The lowest BCUT2D eigenvalue weighted by atomic mass is 9.99. The molecule has 1 amide bonds. The van der Waals surface area contributed by atoms with Gasteiger partial charge in [0.25, 0.3) is 5.91 Å². The van der Waals surface area contributed by atoms with Crippen LogP contribution in [0.5, 0.6) is 0 Å². The van der Waals surface area contributed by atoms with Crippen LogP contribution in [0.3, 0.4) is 0 Å². The van der Waals surface area contributed by atoms with E-state index in [4.69, 9.17) is 5.11 Å². The second-order valence-corrected chi connectivity index (χ2v) is 5.12. The molecule has 0 aliphatic carbocycles. The number of aromatic carboxylic acids is 1. The molecule has 6 heteroatoms. The molecule has 1 aromatic heterocycles. The molecule has 1 aliphatic heterocycles. The molecule has 0 unspecified atom stereocenters. The van der Waals surface area contributed by atoms with Gasteiger partial charge in [0.05, 0.1) is 5.56 Å². The lowest BCUT2D eigenvalue weighted by molar-refractivity contribution is 0.0664. The maximum Gasteiger partial charge on any atom is 0.357 e. The topological polar surface area (TPSA) is 75.4 Å². The van der Waals surface area contributed by atoms with Gasteiger partial charge in [0.1, 0.15) is 0 Å². The number of aryl methyl sites for hydroxylation is 1. The summed E-state index contributed by atoms with van der Waals surface area (Å²) in [4.78, 5) is 25.4. The normalized spacial score (nSPS) is 13.9. The third kappa shape index (κ3) is 2.40. The number of benzene rings is 1. The first-order chi connectivity index (χ1) is 10.1. The summed E-state index contributed by atoms with van der Waals surface area (Å²) in [6, 6.07) is 7.99. The number of carboxylic acid groups (broad SMARTS) is 1. The van der Waals surface area contributed by atoms with Gasteiger partial charge in [-0.3, -0.25) is 9.48 Å². The van der Waals surface area contributed by atoms with Crippen LogP contribution in [0.15, 0.2) is 30.5 Å². The molecule has 0 radical (unpaired) electrons. The van der Waals surface area contributed by atoms with Crippen molar-refractivity contribution in [3.63, 3.8) is 0 Å². The van der Waals surface area contributed by atoms with Crippen LogP contribution in [0.25, 0.3) is 0 Å². The zero-order chi connectivity index (χ0) is 15.0. The molecule has 21 heavy (non-hydrogen) atoms. The van der Waals surface area contributed by atoms with E-state index in [1.54, 1.807) is 11.9 Å². The van der Waals surface area contributed by atoms with Crippen molar-refractivity contribution in [2.24, 2.45) is 7.05 Å². The first-order valence-corrected chi connectivity index (χ1v) is 6.69. The van der Waals surface area contributed by atoms with E-state index >= 15 is 0 Å².